The molecule has 0 aliphatic carbocycles. The normalized spacial score (nSPS) is 10.4. The molecule has 0 radical (unpaired) electrons. The Labute approximate surface area is 80.8 Å². The highest BCUT2D eigenvalue weighted by molar-refractivity contribution is 5.81. The number of hydrogen-bond donors (Lipinski definition) is 2. The molecule has 0 amide bonds. The maximum atomic E-state index is 5.39. The summed E-state index contributed by atoms with van der Waals surface area (Å²) in [5.74, 6) is 5.89. The lowest BCUT2D eigenvalue weighted by Gasteiger charge is -2.00. The summed E-state index contributed by atoms with van der Waals surface area (Å²) in [6.07, 6.45) is 0. The molecule has 0 aliphatic rings. The van der Waals surface area contributed by atoms with Gasteiger partial charge in [0.25, 0.3) is 0 Å². The predicted octanol–water partition coefficient (Wildman–Crippen LogP) is 1.51. The molecule has 0 unspecified atom stereocenters. The number of ether oxygens (including phenoxy) is 1. The number of para-hydroxylation sites is 1. The van der Waals surface area contributed by atoms with Crippen molar-refractivity contribution in [1.82, 2.24) is 4.98 Å². The summed E-state index contributed by atoms with van der Waals surface area (Å²) in [7, 11) is 0. The van der Waals surface area contributed by atoms with Crippen LogP contribution in [0.5, 0.6) is 5.75 Å². The molecule has 0 fully saturated rings. The molecular formula is C9H11N3O2. The van der Waals surface area contributed by atoms with E-state index in [-0.39, 0.29) is 6.01 Å². The lowest BCUT2D eigenvalue weighted by Crippen LogP contribution is -2.06. The van der Waals surface area contributed by atoms with Gasteiger partial charge in [0.05, 0.1) is 6.61 Å². The van der Waals surface area contributed by atoms with Crippen molar-refractivity contribution in [1.29, 1.82) is 0 Å². The second-order valence-electron chi connectivity index (χ2n) is 2.70. The van der Waals surface area contributed by atoms with Crippen LogP contribution in [0.2, 0.25) is 0 Å². The Hall–Kier alpha value is -1.75. The Balaban J connectivity index is 2.55. The van der Waals surface area contributed by atoms with Crippen LogP contribution in [0.1, 0.15) is 6.92 Å². The molecule has 74 valence electrons. The smallest absolute Gasteiger partial charge is 0.310 e. The van der Waals surface area contributed by atoms with Crippen LogP contribution in [-0.2, 0) is 0 Å². The molecule has 3 N–H and O–H groups in total. The minimum Gasteiger partial charge on any atom is -0.491 e. The third-order valence-electron chi connectivity index (χ3n) is 1.81. The number of hydrogen-bond acceptors (Lipinski definition) is 5. The van der Waals surface area contributed by atoms with E-state index in [1.54, 1.807) is 0 Å². The molecule has 0 atom stereocenters. The molecule has 5 nitrogen and oxygen atoms in total. The second kappa shape index (κ2) is 3.55. The van der Waals surface area contributed by atoms with Gasteiger partial charge in [-0.2, -0.15) is 4.98 Å². The van der Waals surface area contributed by atoms with Gasteiger partial charge in [0.15, 0.2) is 11.1 Å². The van der Waals surface area contributed by atoms with E-state index in [0.717, 1.165) is 0 Å². The van der Waals surface area contributed by atoms with Crippen LogP contribution < -0.4 is 16.0 Å². The summed E-state index contributed by atoms with van der Waals surface area (Å²) in [6.45, 7) is 2.51. The number of nitrogen functional groups attached to an aromatic ring is 1. The van der Waals surface area contributed by atoms with Crippen molar-refractivity contribution >= 4 is 17.1 Å². The quantitative estimate of drug-likeness (QED) is 0.571. The van der Waals surface area contributed by atoms with Gasteiger partial charge >= 0.3 is 6.01 Å². The maximum absolute atomic E-state index is 5.39. The highest BCUT2D eigenvalue weighted by Gasteiger charge is 2.08. The van der Waals surface area contributed by atoms with Crippen molar-refractivity contribution in [2.24, 2.45) is 5.84 Å². The molecule has 1 aromatic carbocycles. The van der Waals surface area contributed by atoms with Gasteiger partial charge < -0.3 is 9.15 Å². The van der Waals surface area contributed by atoms with Crippen LogP contribution in [0.15, 0.2) is 22.6 Å². The van der Waals surface area contributed by atoms with Crippen LogP contribution in [0.3, 0.4) is 0 Å². The van der Waals surface area contributed by atoms with Gasteiger partial charge in [-0.15, -0.1) is 0 Å². The van der Waals surface area contributed by atoms with Crippen LogP contribution in [0, 0.1) is 0 Å². The summed E-state index contributed by atoms with van der Waals surface area (Å²) < 4.78 is 10.7. The zero-order valence-electron chi connectivity index (χ0n) is 7.78. The number of benzene rings is 1. The average molecular weight is 193 g/mol. The molecule has 2 aromatic rings. The van der Waals surface area contributed by atoms with Gasteiger partial charge in [-0.25, -0.2) is 5.84 Å². The van der Waals surface area contributed by atoms with E-state index in [2.05, 4.69) is 10.4 Å². The van der Waals surface area contributed by atoms with Crippen LogP contribution in [0.4, 0.5) is 6.01 Å². The maximum Gasteiger partial charge on any atom is 0.310 e. The number of anilines is 1. The first-order chi connectivity index (χ1) is 6.85. The third kappa shape index (κ3) is 1.38. The van der Waals surface area contributed by atoms with Crippen LogP contribution in [0.25, 0.3) is 11.1 Å². The summed E-state index contributed by atoms with van der Waals surface area (Å²) in [5, 5.41) is 0. The fraction of sp³-hybridized carbons (Fsp3) is 0.222. The third-order valence-corrected chi connectivity index (χ3v) is 1.81. The van der Waals surface area contributed by atoms with E-state index in [4.69, 9.17) is 15.0 Å². The predicted molar refractivity (Wildman–Crippen MR) is 53.0 cm³/mol. The summed E-state index contributed by atoms with van der Waals surface area (Å²) >= 11 is 0. The zero-order chi connectivity index (χ0) is 9.97. The summed E-state index contributed by atoms with van der Waals surface area (Å²) in [6, 6.07) is 5.78. The van der Waals surface area contributed by atoms with E-state index in [1.165, 1.54) is 0 Å². The Bertz CT molecular complexity index is 439. The molecule has 1 heterocycles. The highest BCUT2D eigenvalue weighted by Crippen LogP contribution is 2.26. The first kappa shape index (κ1) is 8.83. The van der Waals surface area contributed by atoms with E-state index in [0.29, 0.717) is 23.5 Å². The minimum atomic E-state index is 0.284. The SMILES string of the molecule is CCOc1cccc2oc(NN)nc12. The lowest BCUT2D eigenvalue weighted by molar-refractivity contribution is 0.343. The van der Waals surface area contributed by atoms with E-state index < -0.39 is 0 Å². The number of oxazole rings is 1. The number of nitrogens with zero attached hydrogens (tertiary/aromatic N) is 1. The second-order valence-corrected chi connectivity index (χ2v) is 2.70. The fourth-order valence-corrected chi connectivity index (χ4v) is 1.26. The average Bonchev–Trinajstić information content (AvgIpc) is 2.62. The van der Waals surface area contributed by atoms with Gasteiger partial charge in [0.2, 0.25) is 0 Å². The van der Waals surface area contributed by atoms with Crippen molar-refractivity contribution in [3.63, 3.8) is 0 Å². The van der Waals surface area contributed by atoms with Gasteiger partial charge in [0.1, 0.15) is 5.75 Å². The number of fused-ring (bicyclic) bond motifs is 1. The number of nitrogens with one attached hydrogen (secondary N) is 1. The molecule has 0 saturated carbocycles. The van der Waals surface area contributed by atoms with Crippen molar-refractivity contribution in [2.75, 3.05) is 12.0 Å². The zero-order valence-corrected chi connectivity index (χ0v) is 7.78. The standard InChI is InChI=1S/C9H11N3O2/c1-2-13-6-4-3-5-7-8(6)11-9(12-10)14-7/h3-5H,2,10H2,1H3,(H,11,12). The van der Waals surface area contributed by atoms with Gasteiger partial charge in [-0.3, -0.25) is 5.43 Å². The molecule has 2 rings (SSSR count). The van der Waals surface area contributed by atoms with Crippen molar-refractivity contribution in [2.45, 2.75) is 6.92 Å². The van der Waals surface area contributed by atoms with Crippen molar-refractivity contribution in [3.05, 3.63) is 18.2 Å². The van der Waals surface area contributed by atoms with Crippen molar-refractivity contribution in [3.8, 4) is 5.75 Å². The number of rotatable bonds is 3. The molecule has 1 aromatic heterocycles. The number of hydrazine groups is 1. The first-order valence-electron chi connectivity index (χ1n) is 4.34. The molecule has 0 spiro atoms. The Morgan fingerprint density at radius 2 is 2.43 bits per heavy atom. The van der Waals surface area contributed by atoms with Crippen LogP contribution >= 0.6 is 0 Å². The van der Waals surface area contributed by atoms with E-state index in [9.17, 15) is 0 Å². The fourth-order valence-electron chi connectivity index (χ4n) is 1.26. The molecule has 0 saturated heterocycles. The van der Waals surface area contributed by atoms with Gasteiger partial charge in [-0.05, 0) is 19.1 Å². The summed E-state index contributed by atoms with van der Waals surface area (Å²) in [4.78, 5) is 4.12. The van der Waals surface area contributed by atoms with Gasteiger partial charge in [-0.1, -0.05) is 6.07 Å². The number of nitrogens with two attached hydrogens (primary N) is 1. The molecule has 14 heavy (non-hydrogen) atoms. The Morgan fingerprint density at radius 3 is 3.14 bits per heavy atom. The molecule has 0 bridgehead atoms. The Morgan fingerprint density at radius 1 is 1.57 bits per heavy atom. The molecule has 5 heteroatoms. The Kier molecular flexibility index (Phi) is 2.24. The van der Waals surface area contributed by atoms with Crippen molar-refractivity contribution < 1.29 is 9.15 Å². The van der Waals surface area contributed by atoms with E-state index >= 15 is 0 Å². The van der Waals surface area contributed by atoms with Gasteiger partial charge in [0, 0.05) is 0 Å². The first-order valence-corrected chi connectivity index (χ1v) is 4.34. The largest absolute Gasteiger partial charge is 0.491 e. The minimum absolute atomic E-state index is 0.284. The monoisotopic (exact) mass is 193 g/mol. The highest BCUT2D eigenvalue weighted by atomic mass is 16.5. The van der Waals surface area contributed by atoms with Crippen LogP contribution in [-0.4, -0.2) is 11.6 Å². The topological polar surface area (TPSA) is 73.3 Å². The lowest BCUT2D eigenvalue weighted by atomic mass is 10.3. The number of aromatic nitrogens is 1. The molecular weight excluding hydrogens is 182 g/mol. The van der Waals surface area contributed by atoms with E-state index in [1.807, 2.05) is 25.1 Å². The molecule has 0 aliphatic heterocycles. The summed E-state index contributed by atoms with van der Waals surface area (Å²) in [5.41, 5.74) is 3.69.